The molecule has 0 fully saturated rings. The Hall–Kier alpha value is -2.36. The Bertz CT molecular complexity index is 569. The van der Waals surface area contributed by atoms with Crippen molar-refractivity contribution in [3.05, 3.63) is 42.2 Å². The zero-order valence-corrected chi connectivity index (χ0v) is 10.7. The molecule has 1 amide bonds. The monoisotopic (exact) mass is 257 g/mol. The molecular formula is C15H15NO3. The highest BCUT2D eigenvalue weighted by molar-refractivity contribution is 5.88. The number of anilines is 1. The standard InChI is InChI=1S/C15H15NO3/c1-11(18)16-13-6-4-12(5-7-13)15-9-8-14(19-15)3-2-10-17/h4-10H,2-3H2,1H3,(H,16,18). The van der Waals surface area contributed by atoms with E-state index in [-0.39, 0.29) is 5.91 Å². The van der Waals surface area contributed by atoms with E-state index in [1.165, 1.54) is 6.92 Å². The van der Waals surface area contributed by atoms with E-state index in [9.17, 15) is 9.59 Å². The summed E-state index contributed by atoms with van der Waals surface area (Å²) in [5.41, 5.74) is 1.69. The Morgan fingerprint density at radius 1 is 1.21 bits per heavy atom. The Morgan fingerprint density at radius 2 is 1.95 bits per heavy atom. The molecule has 4 heteroatoms. The van der Waals surface area contributed by atoms with Crippen LogP contribution in [0.15, 0.2) is 40.8 Å². The first-order valence-electron chi connectivity index (χ1n) is 6.09. The van der Waals surface area contributed by atoms with Gasteiger partial charge in [0.15, 0.2) is 0 Å². The van der Waals surface area contributed by atoms with E-state index < -0.39 is 0 Å². The predicted octanol–water partition coefficient (Wildman–Crippen LogP) is 3.04. The first kappa shape index (κ1) is 13.1. The van der Waals surface area contributed by atoms with Crippen LogP contribution in [-0.4, -0.2) is 12.2 Å². The minimum atomic E-state index is -0.0955. The number of hydrogen-bond acceptors (Lipinski definition) is 3. The maximum absolute atomic E-state index is 10.9. The Morgan fingerprint density at radius 3 is 2.58 bits per heavy atom. The zero-order chi connectivity index (χ0) is 13.7. The summed E-state index contributed by atoms with van der Waals surface area (Å²) in [4.78, 5) is 21.2. The summed E-state index contributed by atoms with van der Waals surface area (Å²) in [7, 11) is 0. The highest BCUT2D eigenvalue weighted by Crippen LogP contribution is 2.24. The smallest absolute Gasteiger partial charge is 0.221 e. The Balaban J connectivity index is 2.10. The van der Waals surface area contributed by atoms with Crippen molar-refractivity contribution in [2.45, 2.75) is 19.8 Å². The fourth-order valence-corrected chi connectivity index (χ4v) is 1.79. The Kier molecular flexibility index (Phi) is 4.13. The lowest BCUT2D eigenvalue weighted by atomic mass is 10.1. The maximum Gasteiger partial charge on any atom is 0.221 e. The first-order valence-corrected chi connectivity index (χ1v) is 6.09. The fourth-order valence-electron chi connectivity index (χ4n) is 1.79. The summed E-state index contributed by atoms with van der Waals surface area (Å²) >= 11 is 0. The van der Waals surface area contributed by atoms with Crippen LogP contribution in [0.4, 0.5) is 5.69 Å². The van der Waals surface area contributed by atoms with Crippen LogP contribution >= 0.6 is 0 Å². The summed E-state index contributed by atoms with van der Waals surface area (Å²) in [5.74, 6) is 1.46. The molecule has 0 saturated heterocycles. The van der Waals surface area contributed by atoms with Gasteiger partial charge in [-0.2, -0.15) is 0 Å². The van der Waals surface area contributed by atoms with Crippen molar-refractivity contribution in [2.24, 2.45) is 0 Å². The minimum Gasteiger partial charge on any atom is -0.461 e. The van der Waals surface area contributed by atoms with E-state index in [1.807, 2.05) is 36.4 Å². The average Bonchev–Trinajstić information content (AvgIpc) is 2.85. The average molecular weight is 257 g/mol. The number of carbonyl (C=O) groups is 2. The topological polar surface area (TPSA) is 59.3 Å². The highest BCUT2D eigenvalue weighted by atomic mass is 16.3. The zero-order valence-electron chi connectivity index (χ0n) is 10.7. The lowest BCUT2D eigenvalue weighted by molar-refractivity contribution is -0.114. The lowest BCUT2D eigenvalue weighted by Gasteiger charge is -2.02. The lowest BCUT2D eigenvalue weighted by Crippen LogP contribution is -2.05. The quantitative estimate of drug-likeness (QED) is 0.837. The molecule has 0 aliphatic rings. The molecule has 4 nitrogen and oxygen atoms in total. The third kappa shape index (κ3) is 3.55. The summed E-state index contributed by atoms with van der Waals surface area (Å²) in [5, 5.41) is 2.71. The molecule has 2 aromatic rings. The van der Waals surface area contributed by atoms with Crippen molar-refractivity contribution in [1.29, 1.82) is 0 Å². The number of furan rings is 1. The first-order chi connectivity index (χ1) is 9.19. The largest absolute Gasteiger partial charge is 0.461 e. The van der Waals surface area contributed by atoms with Crippen molar-refractivity contribution in [3.8, 4) is 11.3 Å². The van der Waals surface area contributed by atoms with Crippen molar-refractivity contribution in [3.63, 3.8) is 0 Å². The number of amides is 1. The number of nitrogens with one attached hydrogen (secondary N) is 1. The van der Waals surface area contributed by atoms with E-state index >= 15 is 0 Å². The van der Waals surface area contributed by atoms with Gasteiger partial charge in [0.1, 0.15) is 17.8 Å². The molecule has 1 aromatic carbocycles. The van der Waals surface area contributed by atoms with Gasteiger partial charge in [0.2, 0.25) is 5.91 Å². The van der Waals surface area contributed by atoms with E-state index in [2.05, 4.69) is 5.32 Å². The van der Waals surface area contributed by atoms with E-state index in [1.54, 1.807) is 0 Å². The molecule has 0 atom stereocenters. The summed E-state index contributed by atoms with van der Waals surface area (Å²) < 4.78 is 5.65. The summed E-state index contributed by atoms with van der Waals surface area (Å²) in [6.07, 6.45) is 1.96. The van der Waals surface area contributed by atoms with Crippen molar-refractivity contribution < 1.29 is 14.0 Å². The molecule has 0 radical (unpaired) electrons. The van der Waals surface area contributed by atoms with Crippen LogP contribution < -0.4 is 5.32 Å². The van der Waals surface area contributed by atoms with Gasteiger partial charge in [-0.15, -0.1) is 0 Å². The van der Waals surface area contributed by atoms with Gasteiger partial charge in [-0.3, -0.25) is 4.79 Å². The predicted molar refractivity (Wildman–Crippen MR) is 72.8 cm³/mol. The normalized spacial score (nSPS) is 10.2. The molecule has 0 aliphatic carbocycles. The number of aldehydes is 1. The fraction of sp³-hybridized carbons (Fsp3) is 0.200. The van der Waals surface area contributed by atoms with Gasteiger partial charge in [0, 0.05) is 31.0 Å². The van der Waals surface area contributed by atoms with Gasteiger partial charge in [-0.25, -0.2) is 0 Å². The van der Waals surface area contributed by atoms with Gasteiger partial charge < -0.3 is 14.5 Å². The van der Waals surface area contributed by atoms with Gasteiger partial charge in [-0.05, 0) is 36.4 Å². The van der Waals surface area contributed by atoms with Gasteiger partial charge in [-0.1, -0.05) is 0 Å². The van der Waals surface area contributed by atoms with Crippen molar-refractivity contribution in [2.75, 3.05) is 5.32 Å². The highest BCUT2D eigenvalue weighted by Gasteiger charge is 2.05. The van der Waals surface area contributed by atoms with Crippen molar-refractivity contribution >= 4 is 17.9 Å². The SMILES string of the molecule is CC(=O)Nc1ccc(-c2ccc(CCC=O)o2)cc1. The molecule has 0 spiro atoms. The second-order valence-corrected chi connectivity index (χ2v) is 4.23. The number of hydrogen-bond donors (Lipinski definition) is 1. The molecule has 0 saturated carbocycles. The number of carbonyl (C=O) groups excluding carboxylic acids is 2. The maximum atomic E-state index is 10.9. The molecular weight excluding hydrogens is 242 g/mol. The molecule has 0 unspecified atom stereocenters. The second kappa shape index (κ2) is 6.00. The van der Waals surface area contributed by atoms with Crippen molar-refractivity contribution in [1.82, 2.24) is 0 Å². The van der Waals surface area contributed by atoms with Gasteiger partial charge in [0.25, 0.3) is 0 Å². The van der Waals surface area contributed by atoms with Crippen LogP contribution in [0.25, 0.3) is 11.3 Å². The molecule has 2 rings (SSSR count). The van der Waals surface area contributed by atoms with Crippen LogP contribution in [0, 0.1) is 0 Å². The van der Waals surface area contributed by atoms with Crippen LogP contribution in [0.5, 0.6) is 0 Å². The third-order valence-corrected chi connectivity index (χ3v) is 2.66. The van der Waals surface area contributed by atoms with Gasteiger partial charge in [0.05, 0.1) is 0 Å². The Labute approximate surface area is 111 Å². The molecule has 98 valence electrons. The summed E-state index contributed by atoms with van der Waals surface area (Å²) in [6.45, 7) is 1.47. The van der Waals surface area contributed by atoms with E-state index in [0.717, 1.165) is 29.1 Å². The molecule has 1 N–H and O–H groups in total. The van der Waals surface area contributed by atoms with E-state index in [4.69, 9.17) is 4.42 Å². The summed E-state index contributed by atoms with van der Waals surface area (Å²) in [6, 6.07) is 11.2. The molecule has 0 aliphatic heterocycles. The van der Waals surface area contributed by atoms with Gasteiger partial charge >= 0.3 is 0 Å². The van der Waals surface area contributed by atoms with E-state index in [0.29, 0.717) is 12.8 Å². The van der Waals surface area contributed by atoms with Crippen LogP contribution in [-0.2, 0) is 16.0 Å². The molecule has 1 aromatic heterocycles. The van der Waals surface area contributed by atoms with Crippen LogP contribution in [0.3, 0.4) is 0 Å². The number of benzene rings is 1. The third-order valence-electron chi connectivity index (χ3n) is 2.66. The number of rotatable bonds is 5. The van der Waals surface area contributed by atoms with Crippen LogP contribution in [0.1, 0.15) is 19.1 Å². The minimum absolute atomic E-state index is 0.0955. The molecule has 19 heavy (non-hydrogen) atoms. The molecule has 1 heterocycles. The number of aryl methyl sites for hydroxylation is 1. The molecule has 0 bridgehead atoms. The second-order valence-electron chi connectivity index (χ2n) is 4.23. The van der Waals surface area contributed by atoms with Crippen LogP contribution in [0.2, 0.25) is 0 Å².